The molecule has 5 heteroatoms. The molecule has 0 saturated carbocycles. The van der Waals surface area contributed by atoms with E-state index in [1.807, 2.05) is 29.3 Å². The predicted octanol–water partition coefficient (Wildman–Crippen LogP) is 3.64. The zero-order valence-electron chi connectivity index (χ0n) is 14.1. The van der Waals surface area contributed by atoms with Crippen molar-refractivity contribution in [1.82, 2.24) is 20.1 Å². The fourth-order valence-electron chi connectivity index (χ4n) is 2.20. The van der Waals surface area contributed by atoms with Crippen LogP contribution in [0, 0.1) is 13.8 Å². The fourth-order valence-corrected chi connectivity index (χ4v) is 3.35. The second-order valence-corrected chi connectivity index (χ2v) is 7.73. The van der Waals surface area contributed by atoms with Crippen molar-refractivity contribution in [3.05, 3.63) is 33.0 Å². The van der Waals surface area contributed by atoms with Crippen LogP contribution in [0.5, 0.6) is 0 Å². The van der Waals surface area contributed by atoms with Gasteiger partial charge in [0.2, 0.25) is 0 Å². The molecule has 0 saturated heterocycles. The average molecular weight is 306 g/mol. The van der Waals surface area contributed by atoms with Crippen molar-refractivity contribution in [1.29, 1.82) is 0 Å². The Morgan fingerprint density at radius 3 is 2.48 bits per heavy atom. The number of nitrogens with zero attached hydrogens (tertiary/aromatic N) is 3. The van der Waals surface area contributed by atoms with Crippen molar-refractivity contribution in [3.8, 4) is 0 Å². The zero-order chi connectivity index (χ0) is 15.8. The Hall–Kier alpha value is -1.20. The molecule has 1 unspecified atom stereocenters. The minimum Gasteiger partial charge on any atom is -0.305 e. The zero-order valence-corrected chi connectivity index (χ0v) is 14.9. The maximum absolute atomic E-state index is 4.74. The average Bonchev–Trinajstić information content (AvgIpc) is 2.92. The summed E-state index contributed by atoms with van der Waals surface area (Å²) in [6, 6.07) is 0.304. The Balaban J connectivity index is 2.09. The van der Waals surface area contributed by atoms with Crippen molar-refractivity contribution in [2.75, 3.05) is 0 Å². The lowest BCUT2D eigenvalue weighted by Gasteiger charge is -2.14. The molecule has 0 aliphatic carbocycles. The van der Waals surface area contributed by atoms with Gasteiger partial charge in [0, 0.05) is 41.2 Å². The molecule has 1 atom stereocenters. The first-order valence-electron chi connectivity index (χ1n) is 7.38. The van der Waals surface area contributed by atoms with Crippen molar-refractivity contribution in [2.45, 2.75) is 59.5 Å². The molecule has 1 N–H and O–H groups in total. The summed E-state index contributed by atoms with van der Waals surface area (Å²) in [6.07, 6.45) is 1.94. The van der Waals surface area contributed by atoms with E-state index in [4.69, 9.17) is 4.98 Å². The van der Waals surface area contributed by atoms with Gasteiger partial charge >= 0.3 is 0 Å². The minimum absolute atomic E-state index is 0.118. The van der Waals surface area contributed by atoms with Crippen LogP contribution in [0.1, 0.15) is 60.6 Å². The lowest BCUT2D eigenvalue weighted by Crippen LogP contribution is -2.18. The van der Waals surface area contributed by atoms with Gasteiger partial charge in [0.05, 0.1) is 16.9 Å². The highest BCUT2D eigenvalue weighted by Gasteiger charge is 2.22. The number of hydrogen-bond acceptors (Lipinski definition) is 4. The molecule has 2 aromatic heterocycles. The van der Waals surface area contributed by atoms with Gasteiger partial charge in [-0.1, -0.05) is 20.8 Å². The molecule has 0 spiro atoms. The molecule has 21 heavy (non-hydrogen) atoms. The maximum atomic E-state index is 4.74. The van der Waals surface area contributed by atoms with E-state index in [1.54, 1.807) is 0 Å². The summed E-state index contributed by atoms with van der Waals surface area (Å²) in [7, 11) is 1.98. The molecule has 116 valence electrons. The molecule has 2 heterocycles. The Kier molecular flexibility index (Phi) is 4.54. The molecule has 0 bridgehead atoms. The van der Waals surface area contributed by atoms with E-state index in [0.717, 1.165) is 12.2 Å². The van der Waals surface area contributed by atoms with Gasteiger partial charge in [0.15, 0.2) is 0 Å². The highest BCUT2D eigenvalue weighted by Crippen LogP contribution is 2.32. The number of hydrogen-bond donors (Lipinski definition) is 1. The molecule has 4 nitrogen and oxygen atoms in total. The van der Waals surface area contributed by atoms with Gasteiger partial charge < -0.3 is 5.32 Å². The van der Waals surface area contributed by atoms with Gasteiger partial charge in [-0.3, -0.25) is 4.68 Å². The van der Waals surface area contributed by atoms with Gasteiger partial charge in [-0.2, -0.15) is 5.10 Å². The SMILES string of the molecule is Cc1nc(C(C)(C)C)sc1C(C)NCc1cnn(C)c1C. The van der Waals surface area contributed by atoms with Crippen LogP contribution in [-0.2, 0) is 19.0 Å². The highest BCUT2D eigenvalue weighted by molar-refractivity contribution is 7.12. The van der Waals surface area contributed by atoms with Gasteiger partial charge in [0.1, 0.15) is 0 Å². The summed E-state index contributed by atoms with van der Waals surface area (Å²) in [5.74, 6) is 0. The molecule has 0 radical (unpaired) electrons. The first-order chi connectivity index (χ1) is 9.70. The molecular formula is C16H26N4S. The molecule has 2 aromatic rings. The van der Waals surface area contributed by atoms with E-state index in [1.165, 1.54) is 21.1 Å². The van der Waals surface area contributed by atoms with E-state index < -0.39 is 0 Å². The Labute approximate surface area is 131 Å². The van der Waals surface area contributed by atoms with Gasteiger partial charge in [0.25, 0.3) is 0 Å². The summed E-state index contributed by atoms with van der Waals surface area (Å²) in [5, 5.41) is 9.09. The third-order valence-corrected chi connectivity index (χ3v) is 5.57. The number of aryl methyl sites for hydroxylation is 2. The standard InChI is InChI=1S/C16H26N4S/c1-10(17-8-13-9-18-20(7)12(13)3)14-11(2)19-15(21-14)16(4,5)6/h9-10,17H,8H2,1-7H3. The fraction of sp³-hybridized carbons (Fsp3) is 0.625. The lowest BCUT2D eigenvalue weighted by molar-refractivity contribution is 0.575. The molecule has 0 amide bonds. The third-order valence-electron chi connectivity index (χ3n) is 3.80. The lowest BCUT2D eigenvalue weighted by atomic mass is 9.98. The van der Waals surface area contributed by atoms with Crippen LogP contribution in [0.25, 0.3) is 0 Å². The highest BCUT2D eigenvalue weighted by atomic mass is 32.1. The minimum atomic E-state index is 0.118. The van der Waals surface area contributed by atoms with E-state index in [9.17, 15) is 0 Å². The van der Waals surface area contributed by atoms with Crippen LogP contribution in [0.4, 0.5) is 0 Å². The van der Waals surface area contributed by atoms with Gasteiger partial charge in [-0.05, 0) is 20.8 Å². The Bertz CT molecular complexity index is 619. The molecule has 0 fully saturated rings. The number of thiazole rings is 1. The second kappa shape index (κ2) is 5.89. The van der Waals surface area contributed by atoms with Gasteiger partial charge in [-0.15, -0.1) is 11.3 Å². The first-order valence-corrected chi connectivity index (χ1v) is 8.20. The van der Waals surface area contributed by atoms with Crippen LogP contribution in [0.3, 0.4) is 0 Å². The summed E-state index contributed by atoms with van der Waals surface area (Å²) in [5.41, 5.74) is 3.73. The maximum Gasteiger partial charge on any atom is 0.0985 e. The second-order valence-electron chi connectivity index (χ2n) is 6.70. The Morgan fingerprint density at radius 2 is 2.00 bits per heavy atom. The van der Waals surface area contributed by atoms with Crippen LogP contribution in [-0.4, -0.2) is 14.8 Å². The van der Waals surface area contributed by atoms with Crippen molar-refractivity contribution >= 4 is 11.3 Å². The quantitative estimate of drug-likeness (QED) is 0.937. The first kappa shape index (κ1) is 16.2. The monoisotopic (exact) mass is 306 g/mol. The molecule has 2 rings (SSSR count). The van der Waals surface area contributed by atoms with Crippen LogP contribution >= 0.6 is 11.3 Å². The number of aromatic nitrogens is 3. The molecule has 0 aliphatic heterocycles. The molecule has 0 aliphatic rings. The van der Waals surface area contributed by atoms with Crippen LogP contribution in [0.15, 0.2) is 6.20 Å². The predicted molar refractivity (Wildman–Crippen MR) is 88.8 cm³/mol. The van der Waals surface area contributed by atoms with Crippen molar-refractivity contribution in [3.63, 3.8) is 0 Å². The van der Waals surface area contributed by atoms with Crippen molar-refractivity contribution in [2.24, 2.45) is 7.05 Å². The smallest absolute Gasteiger partial charge is 0.0985 e. The number of rotatable bonds is 4. The topological polar surface area (TPSA) is 42.7 Å². The van der Waals surface area contributed by atoms with Crippen molar-refractivity contribution < 1.29 is 0 Å². The van der Waals surface area contributed by atoms with E-state index in [-0.39, 0.29) is 5.41 Å². The van der Waals surface area contributed by atoms with E-state index >= 15 is 0 Å². The molecule has 0 aromatic carbocycles. The van der Waals surface area contributed by atoms with Crippen LogP contribution < -0.4 is 5.32 Å². The number of nitrogens with one attached hydrogen (secondary N) is 1. The largest absolute Gasteiger partial charge is 0.305 e. The van der Waals surface area contributed by atoms with Gasteiger partial charge in [-0.25, -0.2) is 4.98 Å². The van der Waals surface area contributed by atoms with E-state index in [2.05, 4.69) is 52.0 Å². The van der Waals surface area contributed by atoms with E-state index in [0.29, 0.717) is 6.04 Å². The Morgan fingerprint density at radius 1 is 1.33 bits per heavy atom. The summed E-state index contributed by atoms with van der Waals surface area (Å²) < 4.78 is 1.91. The molecular weight excluding hydrogens is 280 g/mol. The summed E-state index contributed by atoms with van der Waals surface area (Å²) >= 11 is 1.82. The summed E-state index contributed by atoms with van der Waals surface area (Å²) in [6.45, 7) is 13.9. The third kappa shape index (κ3) is 3.52. The summed E-state index contributed by atoms with van der Waals surface area (Å²) in [4.78, 5) is 6.08. The van der Waals surface area contributed by atoms with Crippen LogP contribution in [0.2, 0.25) is 0 Å². The normalized spacial score (nSPS) is 13.7.